The van der Waals surface area contributed by atoms with Crippen molar-refractivity contribution < 1.29 is 9.47 Å². The van der Waals surface area contributed by atoms with Crippen LogP contribution in [0.5, 0.6) is 11.5 Å². The third-order valence-electron chi connectivity index (χ3n) is 5.08. The molecule has 1 N–H and O–H groups in total. The predicted octanol–water partition coefficient (Wildman–Crippen LogP) is 3.82. The molecule has 1 aliphatic heterocycles. The lowest BCUT2D eigenvalue weighted by atomic mass is 9.99. The Labute approximate surface area is 178 Å². The molecule has 1 aromatic heterocycles. The van der Waals surface area contributed by atoms with Gasteiger partial charge in [0.2, 0.25) is 0 Å². The van der Waals surface area contributed by atoms with Crippen molar-refractivity contribution in [1.82, 2.24) is 15.2 Å². The molecule has 1 aromatic carbocycles. The van der Waals surface area contributed by atoms with Gasteiger partial charge in [0.1, 0.15) is 0 Å². The van der Waals surface area contributed by atoms with E-state index in [9.17, 15) is 0 Å². The summed E-state index contributed by atoms with van der Waals surface area (Å²) in [5, 5.41) is 6.81. The van der Waals surface area contributed by atoms with Crippen LogP contribution < -0.4 is 14.8 Å². The molecule has 1 aliphatic rings. The fraction of sp³-hybridized carbons (Fsp3) is 0.545. The number of unbranched alkanes of at least 4 members (excludes halogenated alkanes) is 1. The number of hydrogen-bond donors (Lipinski definition) is 1. The Morgan fingerprint density at radius 1 is 1.21 bits per heavy atom. The van der Waals surface area contributed by atoms with Crippen molar-refractivity contribution in [3.8, 4) is 11.5 Å². The molecule has 3 rings (SSSR count). The van der Waals surface area contributed by atoms with Gasteiger partial charge in [-0.25, -0.2) is 4.98 Å². The Balaban J connectivity index is 1.59. The molecule has 0 saturated heterocycles. The maximum Gasteiger partial charge on any atom is 0.194 e. The first-order chi connectivity index (χ1) is 14.1. The van der Waals surface area contributed by atoms with E-state index in [0.29, 0.717) is 0 Å². The summed E-state index contributed by atoms with van der Waals surface area (Å²) < 4.78 is 10.9. The number of methoxy groups -OCH3 is 2. The Hall–Kier alpha value is -2.28. The molecule has 0 bridgehead atoms. The second kappa shape index (κ2) is 10.5. The maximum absolute atomic E-state index is 5.48. The van der Waals surface area contributed by atoms with Gasteiger partial charge >= 0.3 is 0 Å². The van der Waals surface area contributed by atoms with E-state index >= 15 is 0 Å². The number of nitrogens with zero attached hydrogens (tertiary/aromatic N) is 3. The van der Waals surface area contributed by atoms with Gasteiger partial charge in [-0.3, -0.25) is 4.99 Å². The SMILES string of the molecule is CCNC(=NCCCCc1nc(C)cs1)N1CCc2cc(OC)c(OC)cc2C1. The largest absolute Gasteiger partial charge is 0.493 e. The predicted molar refractivity (Wildman–Crippen MR) is 119 cm³/mol. The molecule has 0 aliphatic carbocycles. The van der Waals surface area contributed by atoms with Crippen LogP contribution in [0.3, 0.4) is 0 Å². The van der Waals surface area contributed by atoms with Gasteiger partial charge in [-0.15, -0.1) is 11.3 Å². The zero-order valence-corrected chi connectivity index (χ0v) is 18.8. The molecular weight excluding hydrogens is 384 g/mol. The number of ether oxygens (including phenoxy) is 2. The summed E-state index contributed by atoms with van der Waals surface area (Å²) in [5.74, 6) is 2.58. The lowest BCUT2D eigenvalue weighted by molar-refractivity contribution is 0.346. The van der Waals surface area contributed by atoms with Crippen LogP contribution in [-0.4, -0.2) is 49.7 Å². The van der Waals surface area contributed by atoms with Crippen molar-refractivity contribution in [3.63, 3.8) is 0 Å². The molecule has 158 valence electrons. The van der Waals surface area contributed by atoms with Gasteiger partial charge in [-0.2, -0.15) is 0 Å². The summed E-state index contributed by atoms with van der Waals surface area (Å²) in [7, 11) is 3.37. The summed E-state index contributed by atoms with van der Waals surface area (Å²) >= 11 is 1.76. The van der Waals surface area contributed by atoms with E-state index in [2.05, 4.69) is 46.6 Å². The van der Waals surface area contributed by atoms with Crippen molar-refractivity contribution >= 4 is 17.3 Å². The molecule has 29 heavy (non-hydrogen) atoms. The number of hydrogen-bond acceptors (Lipinski definition) is 5. The molecule has 0 fully saturated rings. The zero-order valence-electron chi connectivity index (χ0n) is 18.0. The maximum atomic E-state index is 5.48. The van der Waals surface area contributed by atoms with Crippen molar-refractivity contribution in [1.29, 1.82) is 0 Å². The molecular formula is C22H32N4O2S. The smallest absolute Gasteiger partial charge is 0.194 e. The number of thiazole rings is 1. The van der Waals surface area contributed by atoms with Crippen LogP contribution in [0, 0.1) is 6.92 Å². The molecule has 0 amide bonds. The third-order valence-corrected chi connectivity index (χ3v) is 6.11. The number of aromatic nitrogens is 1. The second-order valence-electron chi connectivity index (χ2n) is 7.22. The first-order valence-electron chi connectivity index (χ1n) is 10.3. The van der Waals surface area contributed by atoms with Crippen LogP contribution in [0.1, 0.15) is 41.6 Å². The Morgan fingerprint density at radius 3 is 2.62 bits per heavy atom. The fourth-order valence-electron chi connectivity index (χ4n) is 3.58. The number of aryl methyl sites for hydroxylation is 2. The Kier molecular flexibility index (Phi) is 7.75. The first-order valence-corrected chi connectivity index (χ1v) is 11.2. The Morgan fingerprint density at radius 2 is 1.97 bits per heavy atom. The number of benzene rings is 1. The van der Waals surface area contributed by atoms with Crippen molar-refractivity contribution in [3.05, 3.63) is 39.3 Å². The van der Waals surface area contributed by atoms with E-state index in [4.69, 9.17) is 14.5 Å². The molecule has 2 aromatic rings. The van der Waals surface area contributed by atoms with Gasteiger partial charge in [0, 0.05) is 37.3 Å². The number of guanidine groups is 1. The lowest BCUT2D eigenvalue weighted by Crippen LogP contribution is -2.44. The Bertz CT molecular complexity index is 834. The van der Waals surface area contributed by atoms with E-state index in [0.717, 1.165) is 75.0 Å². The van der Waals surface area contributed by atoms with Crippen LogP contribution in [0.15, 0.2) is 22.5 Å². The average Bonchev–Trinajstić information content (AvgIpc) is 3.16. The van der Waals surface area contributed by atoms with Gasteiger partial charge < -0.3 is 19.7 Å². The molecule has 0 saturated carbocycles. The highest BCUT2D eigenvalue weighted by Crippen LogP contribution is 2.33. The van der Waals surface area contributed by atoms with Crippen molar-refractivity contribution in [2.75, 3.05) is 33.9 Å². The molecule has 6 nitrogen and oxygen atoms in total. The van der Waals surface area contributed by atoms with Crippen LogP contribution >= 0.6 is 11.3 Å². The van der Waals surface area contributed by atoms with E-state index in [1.54, 1.807) is 25.6 Å². The third kappa shape index (κ3) is 5.63. The highest BCUT2D eigenvalue weighted by atomic mass is 32.1. The highest BCUT2D eigenvalue weighted by Gasteiger charge is 2.21. The molecule has 0 unspecified atom stereocenters. The van der Waals surface area contributed by atoms with E-state index < -0.39 is 0 Å². The van der Waals surface area contributed by atoms with Gasteiger partial charge in [0.25, 0.3) is 0 Å². The zero-order chi connectivity index (χ0) is 20.6. The minimum Gasteiger partial charge on any atom is -0.493 e. The van der Waals surface area contributed by atoms with Gasteiger partial charge in [-0.05, 0) is 62.8 Å². The van der Waals surface area contributed by atoms with Gasteiger partial charge in [-0.1, -0.05) is 0 Å². The van der Waals surface area contributed by atoms with Gasteiger partial charge in [0.05, 0.1) is 19.2 Å². The van der Waals surface area contributed by atoms with Gasteiger partial charge in [0.15, 0.2) is 17.5 Å². The topological polar surface area (TPSA) is 59.0 Å². The number of rotatable bonds is 8. The average molecular weight is 417 g/mol. The van der Waals surface area contributed by atoms with E-state index in [1.807, 2.05) is 0 Å². The summed E-state index contributed by atoms with van der Waals surface area (Å²) in [6.45, 7) is 7.66. The van der Waals surface area contributed by atoms with Crippen LogP contribution in [0.25, 0.3) is 0 Å². The molecule has 0 spiro atoms. The van der Waals surface area contributed by atoms with Crippen LogP contribution in [0.4, 0.5) is 0 Å². The van der Waals surface area contributed by atoms with Crippen LogP contribution in [-0.2, 0) is 19.4 Å². The number of aliphatic imine (C=N–C) groups is 1. The summed E-state index contributed by atoms with van der Waals surface area (Å²) in [4.78, 5) is 11.8. The molecule has 2 heterocycles. The number of fused-ring (bicyclic) bond motifs is 1. The summed E-state index contributed by atoms with van der Waals surface area (Å²) in [6.07, 6.45) is 4.21. The minimum absolute atomic E-state index is 0.785. The second-order valence-corrected chi connectivity index (χ2v) is 8.17. The monoisotopic (exact) mass is 416 g/mol. The quantitative estimate of drug-likeness (QED) is 0.403. The molecule has 7 heteroatoms. The molecule has 0 atom stereocenters. The first kappa shape index (κ1) is 21.4. The molecule has 0 radical (unpaired) electrons. The van der Waals surface area contributed by atoms with Crippen molar-refractivity contribution in [2.45, 2.75) is 46.1 Å². The van der Waals surface area contributed by atoms with E-state index in [-0.39, 0.29) is 0 Å². The summed E-state index contributed by atoms with van der Waals surface area (Å²) in [5.41, 5.74) is 3.73. The fourth-order valence-corrected chi connectivity index (χ4v) is 4.40. The summed E-state index contributed by atoms with van der Waals surface area (Å²) in [6, 6.07) is 4.20. The minimum atomic E-state index is 0.785. The van der Waals surface area contributed by atoms with Crippen LogP contribution in [0.2, 0.25) is 0 Å². The normalized spacial score (nSPS) is 13.9. The highest BCUT2D eigenvalue weighted by molar-refractivity contribution is 7.09. The van der Waals surface area contributed by atoms with E-state index in [1.165, 1.54) is 16.1 Å². The van der Waals surface area contributed by atoms with Crippen molar-refractivity contribution in [2.24, 2.45) is 4.99 Å². The lowest BCUT2D eigenvalue weighted by Gasteiger charge is -2.32. The number of nitrogens with one attached hydrogen (secondary N) is 1. The standard InChI is InChI=1S/C22H32N4O2S/c1-5-23-22(24-10-7-6-8-21-25-16(2)15-29-21)26-11-9-17-12-19(27-3)20(28-4)13-18(17)14-26/h12-13,15H,5-11,14H2,1-4H3,(H,23,24).